The van der Waals surface area contributed by atoms with Crippen molar-refractivity contribution in [2.75, 3.05) is 13.1 Å². The quantitative estimate of drug-likeness (QED) is 0.816. The number of alkyl halides is 1. The third-order valence-corrected chi connectivity index (χ3v) is 5.30. The SMILES string of the molecule is CCc1ccc(C(=O)N2CCC(F)(c3ccc(C#N)cc3)CC2)c(C)c1. The molecule has 1 amide bonds. The molecule has 1 saturated heterocycles. The Hall–Kier alpha value is -2.67. The third-order valence-electron chi connectivity index (χ3n) is 5.30. The molecule has 3 nitrogen and oxygen atoms in total. The van der Waals surface area contributed by atoms with E-state index in [1.54, 1.807) is 29.2 Å². The Morgan fingerprint density at radius 2 is 1.85 bits per heavy atom. The van der Waals surface area contributed by atoms with Gasteiger partial charge in [-0.2, -0.15) is 5.26 Å². The largest absolute Gasteiger partial charge is 0.338 e. The molecule has 4 heteroatoms. The number of nitrogens with zero attached hydrogens (tertiary/aromatic N) is 2. The zero-order chi connectivity index (χ0) is 18.7. The molecule has 0 radical (unpaired) electrons. The summed E-state index contributed by atoms with van der Waals surface area (Å²) < 4.78 is 15.3. The fraction of sp³-hybridized carbons (Fsp3) is 0.364. The van der Waals surface area contributed by atoms with Crippen molar-refractivity contribution in [2.24, 2.45) is 0 Å². The van der Waals surface area contributed by atoms with E-state index in [0.717, 1.165) is 12.0 Å². The molecule has 0 atom stereocenters. The molecule has 1 fully saturated rings. The van der Waals surface area contributed by atoms with Gasteiger partial charge in [0.15, 0.2) is 0 Å². The van der Waals surface area contributed by atoms with Gasteiger partial charge in [-0.3, -0.25) is 4.79 Å². The van der Waals surface area contributed by atoms with Crippen LogP contribution in [0.1, 0.15) is 52.4 Å². The standard InChI is InChI=1S/C22H23FN2O/c1-3-17-6-9-20(16(2)14-17)21(26)25-12-10-22(23,11-13-25)19-7-4-18(15-24)5-8-19/h4-9,14H,3,10-13H2,1-2H3. The normalized spacial score (nSPS) is 16.2. The van der Waals surface area contributed by atoms with Crippen molar-refractivity contribution in [1.82, 2.24) is 4.90 Å². The Bertz CT molecular complexity index is 843. The van der Waals surface area contributed by atoms with Crippen molar-refractivity contribution in [3.05, 3.63) is 70.3 Å². The highest BCUT2D eigenvalue weighted by Gasteiger charge is 2.37. The van der Waals surface area contributed by atoms with Gasteiger partial charge in [-0.25, -0.2) is 4.39 Å². The fourth-order valence-electron chi connectivity index (χ4n) is 3.55. The van der Waals surface area contributed by atoms with Crippen molar-refractivity contribution < 1.29 is 9.18 Å². The van der Waals surface area contributed by atoms with Gasteiger partial charge in [0, 0.05) is 31.5 Å². The number of nitriles is 1. The number of piperidine rings is 1. The first-order chi connectivity index (χ1) is 12.5. The Labute approximate surface area is 154 Å². The van der Waals surface area contributed by atoms with E-state index < -0.39 is 5.67 Å². The van der Waals surface area contributed by atoms with E-state index in [0.29, 0.717) is 29.8 Å². The van der Waals surface area contributed by atoms with E-state index in [1.807, 2.05) is 31.2 Å². The molecule has 0 aliphatic carbocycles. The van der Waals surface area contributed by atoms with Crippen LogP contribution in [0.4, 0.5) is 4.39 Å². The van der Waals surface area contributed by atoms with E-state index in [2.05, 4.69) is 6.92 Å². The summed E-state index contributed by atoms with van der Waals surface area (Å²) in [7, 11) is 0. The van der Waals surface area contributed by atoms with Crippen LogP contribution in [0, 0.1) is 18.3 Å². The first-order valence-electron chi connectivity index (χ1n) is 9.05. The summed E-state index contributed by atoms with van der Waals surface area (Å²) in [6.45, 7) is 4.83. The minimum atomic E-state index is -1.44. The van der Waals surface area contributed by atoms with Crippen LogP contribution in [0.5, 0.6) is 0 Å². The lowest BCUT2D eigenvalue weighted by molar-refractivity contribution is 0.0421. The number of halogens is 1. The third kappa shape index (κ3) is 3.48. The lowest BCUT2D eigenvalue weighted by atomic mass is 9.85. The second-order valence-corrected chi connectivity index (χ2v) is 6.95. The van der Waals surface area contributed by atoms with E-state index in [1.165, 1.54) is 5.56 Å². The van der Waals surface area contributed by atoms with Crippen LogP contribution in [-0.4, -0.2) is 23.9 Å². The smallest absolute Gasteiger partial charge is 0.254 e. The first kappa shape index (κ1) is 18.1. The second kappa shape index (κ2) is 7.29. The zero-order valence-electron chi connectivity index (χ0n) is 15.3. The molecule has 1 aliphatic rings. The van der Waals surface area contributed by atoms with Gasteiger partial charge in [-0.15, -0.1) is 0 Å². The molecule has 134 valence electrons. The molecule has 0 aromatic heterocycles. The van der Waals surface area contributed by atoms with Crippen LogP contribution in [0.3, 0.4) is 0 Å². The number of aryl methyl sites for hydroxylation is 2. The van der Waals surface area contributed by atoms with Crippen LogP contribution in [0.25, 0.3) is 0 Å². The van der Waals surface area contributed by atoms with Crippen molar-refractivity contribution in [3.8, 4) is 6.07 Å². The van der Waals surface area contributed by atoms with Crippen LogP contribution in [0.15, 0.2) is 42.5 Å². The molecule has 0 N–H and O–H groups in total. The maximum atomic E-state index is 15.3. The van der Waals surface area contributed by atoms with Crippen molar-refractivity contribution in [3.63, 3.8) is 0 Å². The molecule has 0 saturated carbocycles. The molecule has 26 heavy (non-hydrogen) atoms. The zero-order valence-corrected chi connectivity index (χ0v) is 15.3. The summed E-state index contributed by atoms with van der Waals surface area (Å²) in [5, 5.41) is 8.87. The van der Waals surface area contributed by atoms with Crippen molar-refractivity contribution in [2.45, 2.75) is 38.8 Å². The molecule has 3 rings (SSSR count). The molecule has 0 bridgehead atoms. The van der Waals surface area contributed by atoms with Crippen molar-refractivity contribution >= 4 is 5.91 Å². The molecule has 1 aliphatic heterocycles. The number of rotatable bonds is 3. The van der Waals surface area contributed by atoms with Gasteiger partial charge in [0.2, 0.25) is 0 Å². The minimum Gasteiger partial charge on any atom is -0.338 e. The summed E-state index contributed by atoms with van der Waals surface area (Å²) in [5.74, 6) is -0.0213. The number of carbonyl (C=O) groups is 1. The molecule has 1 heterocycles. The predicted molar refractivity (Wildman–Crippen MR) is 99.6 cm³/mol. The minimum absolute atomic E-state index is 0.0213. The van der Waals surface area contributed by atoms with E-state index in [4.69, 9.17) is 5.26 Å². The highest BCUT2D eigenvalue weighted by molar-refractivity contribution is 5.95. The summed E-state index contributed by atoms with van der Waals surface area (Å²) in [5.41, 5.74) is 2.56. The highest BCUT2D eigenvalue weighted by atomic mass is 19.1. The second-order valence-electron chi connectivity index (χ2n) is 6.95. The van der Waals surface area contributed by atoms with Gasteiger partial charge in [0.05, 0.1) is 11.6 Å². The molecule has 2 aromatic rings. The van der Waals surface area contributed by atoms with Crippen LogP contribution < -0.4 is 0 Å². The van der Waals surface area contributed by atoms with Crippen LogP contribution in [-0.2, 0) is 12.1 Å². The Morgan fingerprint density at radius 3 is 2.38 bits per heavy atom. The van der Waals surface area contributed by atoms with Crippen LogP contribution in [0.2, 0.25) is 0 Å². The lowest BCUT2D eigenvalue weighted by Gasteiger charge is -2.37. The molecular weight excluding hydrogens is 327 g/mol. The fourth-order valence-corrected chi connectivity index (χ4v) is 3.55. The van der Waals surface area contributed by atoms with E-state index in [-0.39, 0.29) is 18.7 Å². The number of carbonyl (C=O) groups excluding carboxylic acids is 1. The topological polar surface area (TPSA) is 44.1 Å². The monoisotopic (exact) mass is 350 g/mol. The predicted octanol–water partition coefficient (Wildman–Crippen LogP) is 4.53. The van der Waals surface area contributed by atoms with E-state index >= 15 is 4.39 Å². The maximum absolute atomic E-state index is 15.3. The van der Waals surface area contributed by atoms with Gasteiger partial charge in [-0.1, -0.05) is 31.2 Å². The van der Waals surface area contributed by atoms with E-state index in [9.17, 15) is 4.79 Å². The number of hydrogen-bond acceptors (Lipinski definition) is 2. The average molecular weight is 350 g/mol. The molecule has 2 aromatic carbocycles. The molecule has 0 unspecified atom stereocenters. The Balaban J connectivity index is 1.71. The summed E-state index contributed by atoms with van der Waals surface area (Å²) >= 11 is 0. The maximum Gasteiger partial charge on any atom is 0.254 e. The van der Waals surface area contributed by atoms with Gasteiger partial charge in [-0.05, 0) is 48.2 Å². The summed E-state index contributed by atoms with van der Waals surface area (Å²) in [6.07, 6.45) is 1.49. The van der Waals surface area contributed by atoms with Gasteiger partial charge in [0.1, 0.15) is 5.67 Å². The van der Waals surface area contributed by atoms with Crippen molar-refractivity contribution in [1.29, 1.82) is 5.26 Å². The van der Waals surface area contributed by atoms with Crippen LogP contribution >= 0.6 is 0 Å². The molecular formula is C22H23FN2O. The summed E-state index contributed by atoms with van der Waals surface area (Å²) in [6, 6.07) is 14.6. The number of likely N-dealkylation sites (tertiary alicyclic amines) is 1. The van der Waals surface area contributed by atoms with Gasteiger partial charge < -0.3 is 4.90 Å². The highest BCUT2D eigenvalue weighted by Crippen LogP contribution is 2.37. The van der Waals surface area contributed by atoms with Gasteiger partial charge in [0.25, 0.3) is 5.91 Å². The van der Waals surface area contributed by atoms with Gasteiger partial charge >= 0.3 is 0 Å². The molecule has 0 spiro atoms. The number of amides is 1. The average Bonchev–Trinajstić information content (AvgIpc) is 2.68. The summed E-state index contributed by atoms with van der Waals surface area (Å²) in [4.78, 5) is 14.6. The first-order valence-corrected chi connectivity index (χ1v) is 9.05. The Kier molecular flexibility index (Phi) is 5.08. The Morgan fingerprint density at radius 1 is 1.19 bits per heavy atom. The number of benzene rings is 2. The lowest BCUT2D eigenvalue weighted by Crippen LogP contribution is -2.43. The number of hydrogen-bond donors (Lipinski definition) is 0.